The Morgan fingerprint density at radius 2 is 1.72 bits per heavy atom. The van der Waals surface area contributed by atoms with Crippen LogP contribution in [-0.4, -0.2) is 43.3 Å². The van der Waals surface area contributed by atoms with E-state index in [1.54, 1.807) is 55.6 Å². The molecule has 0 aliphatic heterocycles. The second-order valence-corrected chi connectivity index (χ2v) is 6.80. The van der Waals surface area contributed by atoms with Crippen molar-refractivity contribution in [3.05, 3.63) is 59.7 Å². The number of rotatable bonds is 8. The lowest BCUT2D eigenvalue weighted by Crippen LogP contribution is -2.35. The first-order chi connectivity index (χ1) is 13.9. The highest BCUT2D eigenvalue weighted by Crippen LogP contribution is 2.16. The zero-order valence-corrected chi connectivity index (χ0v) is 17.5. The molecule has 8 heteroatoms. The van der Waals surface area contributed by atoms with Crippen molar-refractivity contribution in [2.45, 2.75) is 20.0 Å². The molecule has 0 heterocycles. The Hall–Kier alpha value is -2.97. The molecule has 2 amide bonds. The number of anilines is 1. The first-order valence-corrected chi connectivity index (χ1v) is 9.56. The van der Waals surface area contributed by atoms with E-state index >= 15 is 0 Å². The summed E-state index contributed by atoms with van der Waals surface area (Å²) in [6, 6.07) is 13.7. The largest absolute Gasteiger partial charge is 0.491 e. The number of para-hydroxylation sites is 1. The number of ether oxygens (including phenoxy) is 2. The number of methoxy groups -OCH3 is 1. The summed E-state index contributed by atoms with van der Waals surface area (Å²) >= 11 is 5.23. The predicted octanol–water partition coefficient (Wildman–Crippen LogP) is 2.98. The van der Waals surface area contributed by atoms with Gasteiger partial charge in [-0.2, -0.15) is 0 Å². The fourth-order valence-corrected chi connectivity index (χ4v) is 2.64. The molecule has 2 rings (SSSR count). The van der Waals surface area contributed by atoms with Crippen molar-refractivity contribution in [2.24, 2.45) is 0 Å². The Morgan fingerprint density at radius 1 is 1.03 bits per heavy atom. The number of amides is 2. The first-order valence-electron chi connectivity index (χ1n) is 9.16. The van der Waals surface area contributed by atoms with Crippen LogP contribution in [0.4, 0.5) is 5.69 Å². The molecular formula is C21H25N3O4S. The quantitative estimate of drug-likeness (QED) is 0.454. The van der Waals surface area contributed by atoms with Gasteiger partial charge in [-0.3, -0.25) is 14.9 Å². The van der Waals surface area contributed by atoms with E-state index < -0.39 is 0 Å². The van der Waals surface area contributed by atoms with Crippen LogP contribution in [0.5, 0.6) is 5.75 Å². The molecule has 0 saturated heterocycles. The summed E-state index contributed by atoms with van der Waals surface area (Å²) in [7, 11) is 1.56. The molecule has 0 spiro atoms. The zero-order chi connectivity index (χ0) is 21.2. The summed E-state index contributed by atoms with van der Waals surface area (Å²) in [6.07, 6.45) is 0.0539. The van der Waals surface area contributed by atoms with Gasteiger partial charge in [-0.15, -0.1) is 0 Å². The van der Waals surface area contributed by atoms with Crippen LogP contribution in [0, 0.1) is 0 Å². The number of hydrogen-bond donors (Lipinski definition) is 3. The molecule has 29 heavy (non-hydrogen) atoms. The van der Waals surface area contributed by atoms with Gasteiger partial charge in [0, 0.05) is 19.2 Å². The molecule has 0 aromatic heterocycles. The SMILES string of the molecule is COCCNC(=O)c1ccccc1NC(=S)NC(=O)c1ccc(OC(C)C)cc1. The molecule has 7 nitrogen and oxygen atoms in total. The monoisotopic (exact) mass is 415 g/mol. The van der Waals surface area contributed by atoms with E-state index in [0.29, 0.717) is 35.7 Å². The van der Waals surface area contributed by atoms with E-state index in [-0.39, 0.29) is 23.0 Å². The number of nitrogens with one attached hydrogen (secondary N) is 3. The van der Waals surface area contributed by atoms with Gasteiger partial charge in [-0.25, -0.2) is 0 Å². The summed E-state index contributed by atoms with van der Waals surface area (Å²) in [4.78, 5) is 24.7. The van der Waals surface area contributed by atoms with E-state index in [1.165, 1.54) is 0 Å². The lowest BCUT2D eigenvalue weighted by Gasteiger charge is -2.14. The van der Waals surface area contributed by atoms with Crippen LogP contribution in [0.3, 0.4) is 0 Å². The Labute approximate surface area is 175 Å². The summed E-state index contributed by atoms with van der Waals surface area (Å²) in [6.45, 7) is 4.67. The molecule has 3 N–H and O–H groups in total. The van der Waals surface area contributed by atoms with Gasteiger partial charge in [-0.1, -0.05) is 12.1 Å². The molecule has 0 aliphatic rings. The van der Waals surface area contributed by atoms with Crippen molar-refractivity contribution in [1.82, 2.24) is 10.6 Å². The standard InChI is InChI=1S/C21H25N3O4S/c1-14(2)28-16-10-8-15(9-11-16)19(25)24-21(29)23-18-7-5-4-6-17(18)20(26)22-12-13-27-3/h4-11,14H,12-13H2,1-3H3,(H,22,26)(H2,23,24,25,29). The summed E-state index contributed by atoms with van der Waals surface area (Å²) in [5.74, 6) is 0.0614. The average Bonchev–Trinajstić information content (AvgIpc) is 2.68. The Bertz CT molecular complexity index is 853. The first kappa shape index (κ1) is 22.3. The highest BCUT2D eigenvalue weighted by molar-refractivity contribution is 7.80. The Kier molecular flexibility index (Phi) is 8.57. The molecule has 0 bridgehead atoms. The van der Waals surface area contributed by atoms with Gasteiger partial charge in [-0.05, 0) is 62.5 Å². The van der Waals surface area contributed by atoms with Crippen molar-refractivity contribution in [3.63, 3.8) is 0 Å². The van der Waals surface area contributed by atoms with Gasteiger partial charge < -0.3 is 20.1 Å². The van der Waals surface area contributed by atoms with Gasteiger partial charge in [0.15, 0.2) is 5.11 Å². The smallest absolute Gasteiger partial charge is 0.257 e. The van der Waals surface area contributed by atoms with E-state index in [0.717, 1.165) is 0 Å². The van der Waals surface area contributed by atoms with Crippen LogP contribution in [-0.2, 0) is 4.74 Å². The van der Waals surface area contributed by atoms with Crippen LogP contribution in [0.25, 0.3) is 0 Å². The molecular weight excluding hydrogens is 390 g/mol. The Balaban J connectivity index is 1.98. The highest BCUT2D eigenvalue weighted by Gasteiger charge is 2.13. The molecule has 0 saturated carbocycles. The van der Waals surface area contributed by atoms with Crippen molar-refractivity contribution >= 4 is 34.8 Å². The third-order valence-corrected chi connectivity index (χ3v) is 3.93. The third-order valence-electron chi connectivity index (χ3n) is 3.73. The lowest BCUT2D eigenvalue weighted by atomic mass is 10.1. The number of hydrogen-bond acceptors (Lipinski definition) is 5. The minimum Gasteiger partial charge on any atom is -0.491 e. The van der Waals surface area contributed by atoms with Gasteiger partial charge in [0.25, 0.3) is 11.8 Å². The van der Waals surface area contributed by atoms with Gasteiger partial charge in [0.1, 0.15) is 5.75 Å². The number of benzene rings is 2. The topological polar surface area (TPSA) is 88.7 Å². The van der Waals surface area contributed by atoms with Crippen molar-refractivity contribution in [1.29, 1.82) is 0 Å². The maximum atomic E-state index is 12.4. The van der Waals surface area contributed by atoms with Gasteiger partial charge in [0.05, 0.1) is 24.0 Å². The summed E-state index contributed by atoms with van der Waals surface area (Å²) < 4.78 is 10.5. The fourth-order valence-electron chi connectivity index (χ4n) is 2.44. The van der Waals surface area contributed by atoms with E-state index in [1.807, 2.05) is 13.8 Å². The van der Waals surface area contributed by atoms with Crippen molar-refractivity contribution in [3.8, 4) is 5.75 Å². The van der Waals surface area contributed by atoms with E-state index in [4.69, 9.17) is 21.7 Å². The lowest BCUT2D eigenvalue weighted by molar-refractivity contribution is 0.0936. The molecule has 0 radical (unpaired) electrons. The number of thiocarbonyl (C=S) groups is 1. The minimum absolute atomic E-state index is 0.0539. The highest BCUT2D eigenvalue weighted by atomic mass is 32.1. The maximum absolute atomic E-state index is 12.4. The molecule has 154 valence electrons. The van der Waals surface area contributed by atoms with Gasteiger partial charge >= 0.3 is 0 Å². The van der Waals surface area contributed by atoms with Crippen LogP contribution < -0.4 is 20.7 Å². The maximum Gasteiger partial charge on any atom is 0.257 e. The van der Waals surface area contributed by atoms with Crippen LogP contribution in [0.1, 0.15) is 34.6 Å². The van der Waals surface area contributed by atoms with Crippen molar-refractivity contribution < 1.29 is 19.1 Å². The normalized spacial score (nSPS) is 10.3. The molecule has 2 aromatic rings. The molecule has 0 aliphatic carbocycles. The third kappa shape index (κ3) is 7.17. The molecule has 2 aromatic carbocycles. The summed E-state index contributed by atoms with van der Waals surface area (Å²) in [5.41, 5.74) is 1.35. The average molecular weight is 416 g/mol. The second kappa shape index (κ2) is 11.1. The summed E-state index contributed by atoms with van der Waals surface area (Å²) in [5, 5.41) is 8.36. The van der Waals surface area contributed by atoms with Gasteiger partial charge in [0.2, 0.25) is 0 Å². The van der Waals surface area contributed by atoms with Crippen LogP contribution in [0.2, 0.25) is 0 Å². The number of carbonyl (C=O) groups excluding carboxylic acids is 2. The van der Waals surface area contributed by atoms with Crippen molar-refractivity contribution in [2.75, 3.05) is 25.6 Å². The second-order valence-electron chi connectivity index (χ2n) is 6.39. The van der Waals surface area contributed by atoms with E-state index in [9.17, 15) is 9.59 Å². The zero-order valence-electron chi connectivity index (χ0n) is 16.7. The Morgan fingerprint density at radius 3 is 2.38 bits per heavy atom. The van der Waals surface area contributed by atoms with Crippen LogP contribution in [0.15, 0.2) is 48.5 Å². The molecule has 0 atom stereocenters. The number of carbonyl (C=O) groups is 2. The minimum atomic E-state index is -0.361. The predicted molar refractivity (Wildman–Crippen MR) is 117 cm³/mol. The molecule has 0 fully saturated rings. The van der Waals surface area contributed by atoms with Crippen LogP contribution >= 0.6 is 12.2 Å². The fraction of sp³-hybridized carbons (Fsp3) is 0.286. The molecule has 0 unspecified atom stereocenters. The van der Waals surface area contributed by atoms with E-state index in [2.05, 4.69) is 16.0 Å².